The molecule has 0 unspecified atom stereocenters. The largest absolute Gasteiger partial charge is 0.444 e. The number of carbonyl (C=O) groups is 1. The Hall–Kier alpha value is -3.14. The zero-order chi connectivity index (χ0) is 21.3. The predicted octanol–water partition coefficient (Wildman–Crippen LogP) is 3.22. The van der Waals surface area contributed by atoms with E-state index in [2.05, 4.69) is 15.5 Å². The number of nitrogens with one attached hydrogen (secondary N) is 2. The van der Waals surface area contributed by atoms with E-state index in [0.29, 0.717) is 16.8 Å². The first-order chi connectivity index (χ1) is 13.6. The number of fused-ring (bicyclic) bond motifs is 1. The van der Waals surface area contributed by atoms with Crippen LogP contribution in [0.5, 0.6) is 0 Å². The molecule has 2 heterocycles. The molecular weight excluding hydrogens is 389 g/mol. The van der Waals surface area contributed by atoms with Gasteiger partial charge in [-0.1, -0.05) is 18.2 Å². The molecule has 0 saturated heterocycles. The summed E-state index contributed by atoms with van der Waals surface area (Å²) in [6.07, 6.45) is -4.47. The highest BCUT2D eigenvalue weighted by molar-refractivity contribution is 6.01. The van der Waals surface area contributed by atoms with E-state index in [1.54, 1.807) is 13.8 Å². The lowest BCUT2D eigenvalue weighted by molar-refractivity contribution is -0.138. The summed E-state index contributed by atoms with van der Waals surface area (Å²) in [5.74, 6) is -0.112. The maximum Gasteiger partial charge on any atom is 0.416 e. The molecule has 2 N–H and O–H groups in total. The summed E-state index contributed by atoms with van der Waals surface area (Å²) < 4.78 is 44.9. The maximum absolute atomic E-state index is 13.1. The SMILES string of the molecule is Cc1n[nH]c(=O)c2c(NC(=O)CN(C)Cc3ccccc3C(F)(F)F)oc(C)c12. The minimum atomic E-state index is -4.47. The molecule has 0 saturated carbocycles. The number of carbonyl (C=O) groups excluding carboxylic acids is 1. The first kappa shape index (κ1) is 20.6. The number of aryl methyl sites for hydroxylation is 2. The Balaban J connectivity index is 1.75. The molecule has 29 heavy (non-hydrogen) atoms. The van der Waals surface area contributed by atoms with E-state index in [9.17, 15) is 22.8 Å². The van der Waals surface area contributed by atoms with Crippen LogP contribution in [-0.2, 0) is 17.5 Å². The zero-order valence-corrected chi connectivity index (χ0v) is 16.0. The number of alkyl halides is 3. The molecule has 1 aromatic carbocycles. The van der Waals surface area contributed by atoms with E-state index in [4.69, 9.17) is 4.42 Å². The third-order valence-electron chi connectivity index (χ3n) is 4.43. The summed E-state index contributed by atoms with van der Waals surface area (Å²) in [6.45, 7) is 3.06. The molecule has 0 bridgehead atoms. The van der Waals surface area contributed by atoms with Gasteiger partial charge in [0, 0.05) is 6.54 Å². The van der Waals surface area contributed by atoms with Crippen molar-refractivity contribution >= 4 is 22.6 Å². The Morgan fingerprint density at radius 2 is 1.93 bits per heavy atom. The normalized spacial score (nSPS) is 12.0. The van der Waals surface area contributed by atoms with Crippen LogP contribution in [0.4, 0.5) is 19.1 Å². The van der Waals surface area contributed by atoms with E-state index >= 15 is 0 Å². The number of H-pyrrole nitrogens is 1. The lowest BCUT2D eigenvalue weighted by Crippen LogP contribution is -2.30. The van der Waals surface area contributed by atoms with Crippen molar-refractivity contribution < 1.29 is 22.4 Å². The average Bonchev–Trinajstić information content (AvgIpc) is 2.94. The molecule has 0 fully saturated rings. The molecule has 1 amide bonds. The fourth-order valence-electron chi connectivity index (χ4n) is 3.22. The van der Waals surface area contributed by atoms with Crippen LogP contribution in [0.15, 0.2) is 33.5 Å². The van der Waals surface area contributed by atoms with Gasteiger partial charge in [-0.3, -0.25) is 19.8 Å². The number of rotatable bonds is 5. The van der Waals surface area contributed by atoms with Crippen molar-refractivity contribution in [3.63, 3.8) is 0 Å². The number of likely N-dealkylation sites (N-methyl/N-ethyl adjacent to an activating group) is 1. The second-order valence-corrected chi connectivity index (χ2v) is 6.75. The second-order valence-electron chi connectivity index (χ2n) is 6.75. The number of aromatic amines is 1. The molecule has 0 aliphatic heterocycles. The smallest absolute Gasteiger partial charge is 0.416 e. The lowest BCUT2D eigenvalue weighted by Gasteiger charge is -2.19. The number of amides is 1. The fourth-order valence-corrected chi connectivity index (χ4v) is 3.22. The van der Waals surface area contributed by atoms with Crippen molar-refractivity contribution in [2.24, 2.45) is 0 Å². The van der Waals surface area contributed by atoms with Crippen molar-refractivity contribution in [2.75, 3.05) is 18.9 Å². The number of halogens is 3. The molecule has 3 rings (SSSR count). The minimum absolute atomic E-state index is 0.0154. The van der Waals surface area contributed by atoms with Gasteiger partial charge in [0.05, 0.1) is 23.2 Å². The molecule has 154 valence electrons. The van der Waals surface area contributed by atoms with Crippen LogP contribution in [0.2, 0.25) is 0 Å². The lowest BCUT2D eigenvalue weighted by atomic mass is 10.1. The van der Waals surface area contributed by atoms with Crippen LogP contribution in [0, 0.1) is 13.8 Å². The Bertz CT molecular complexity index is 1120. The van der Waals surface area contributed by atoms with Crippen LogP contribution < -0.4 is 10.9 Å². The van der Waals surface area contributed by atoms with Crippen molar-refractivity contribution in [3.05, 3.63) is 57.2 Å². The summed E-state index contributed by atoms with van der Waals surface area (Å²) in [6, 6.07) is 5.20. The van der Waals surface area contributed by atoms with Gasteiger partial charge >= 0.3 is 6.18 Å². The molecule has 0 spiro atoms. The molecule has 10 heteroatoms. The number of nitrogens with zero attached hydrogens (tertiary/aromatic N) is 2. The van der Waals surface area contributed by atoms with E-state index < -0.39 is 23.2 Å². The first-order valence-corrected chi connectivity index (χ1v) is 8.69. The van der Waals surface area contributed by atoms with Gasteiger partial charge in [0.15, 0.2) is 0 Å². The van der Waals surface area contributed by atoms with Crippen LogP contribution in [0.3, 0.4) is 0 Å². The Morgan fingerprint density at radius 1 is 1.24 bits per heavy atom. The molecule has 0 aliphatic rings. The molecule has 0 atom stereocenters. The van der Waals surface area contributed by atoms with E-state index in [-0.39, 0.29) is 29.9 Å². The van der Waals surface area contributed by atoms with E-state index in [1.807, 2.05) is 0 Å². The van der Waals surface area contributed by atoms with Gasteiger partial charge in [0.25, 0.3) is 5.56 Å². The highest BCUT2D eigenvalue weighted by Gasteiger charge is 2.33. The van der Waals surface area contributed by atoms with Gasteiger partial charge in [-0.15, -0.1) is 0 Å². The topological polar surface area (TPSA) is 91.2 Å². The van der Waals surface area contributed by atoms with Crippen LogP contribution >= 0.6 is 0 Å². The highest BCUT2D eigenvalue weighted by atomic mass is 19.4. The van der Waals surface area contributed by atoms with Crippen molar-refractivity contribution in [3.8, 4) is 0 Å². The van der Waals surface area contributed by atoms with E-state index in [0.717, 1.165) is 6.07 Å². The number of hydrogen-bond acceptors (Lipinski definition) is 5. The first-order valence-electron chi connectivity index (χ1n) is 8.69. The van der Waals surface area contributed by atoms with E-state index in [1.165, 1.54) is 30.1 Å². The van der Waals surface area contributed by atoms with Crippen LogP contribution in [0.25, 0.3) is 10.8 Å². The maximum atomic E-state index is 13.1. The van der Waals surface area contributed by atoms with Gasteiger partial charge in [-0.25, -0.2) is 5.10 Å². The molecule has 0 radical (unpaired) electrons. The van der Waals surface area contributed by atoms with Gasteiger partial charge in [-0.2, -0.15) is 18.3 Å². The fraction of sp³-hybridized carbons (Fsp3) is 0.316. The molecule has 7 nitrogen and oxygen atoms in total. The molecule has 3 aromatic rings. The van der Waals surface area contributed by atoms with Crippen LogP contribution in [0.1, 0.15) is 22.6 Å². The quantitative estimate of drug-likeness (QED) is 0.677. The number of benzene rings is 1. The van der Waals surface area contributed by atoms with Crippen molar-refractivity contribution in [1.29, 1.82) is 0 Å². The summed E-state index contributed by atoms with van der Waals surface area (Å²) in [7, 11) is 1.53. The number of hydrogen-bond donors (Lipinski definition) is 2. The van der Waals surface area contributed by atoms with Crippen LogP contribution in [-0.4, -0.2) is 34.6 Å². The third kappa shape index (κ3) is 4.32. The Morgan fingerprint density at radius 3 is 2.62 bits per heavy atom. The molecular formula is C19H19F3N4O3. The third-order valence-corrected chi connectivity index (χ3v) is 4.43. The summed E-state index contributed by atoms with van der Waals surface area (Å²) in [5.41, 5.74) is -0.644. The molecule has 0 aliphatic carbocycles. The van der Waals surface area contributed by atoms with Gasteiger partial charge in [0.1, 0.15) is 11.1 Å². The van der Waals surface area contributed by atoms with Crippen molar-refractivity contribution in [1.82, 2.24) is 15.1 Å². The van der Waals surface area contributed by atoms with Gasteiger partial charge < -0.3 is 4.42 Å². The monoisotopic (exact) mass is 408 g/mol. The Kier molecular flexibility index (Phi) is 5.47. The number of aromatic nitrogens is 2. The summed E-state index contributed by atoms with van der Waals surface area (Å²) in [4.78, 5) is 25.9. The second kappa shape index (κ2) is 7.70. The average molecular weight is 408 g/mol. The Labute approximate surface area is 163 Å². The summed E-state index contributed by atoms with van der Waals surface area (Å²) in [5, 5.41) is 9.41. The van der Waals surface area contributed by atoms with Crippen molar-refractivity contribution in [2.45, 2.75) is 26.6 Å². The predicted molar refractivity (Wildman–Crippen MR) is 101 cm³/mol. The highest BCUT2D eigenvalue weighted by Crippen LogP contribution is 2.32. The zero-order valence-electron chi connectivity index (χ0n) is 16.0. The standard InChI is InChI=1S/C19H19F3N4O3/c1-10-15-11(2)29-18(16(15)17(28)25-24-10)23-14(27)9-26(3)8-12-6-4-5-7-13(12)19(20,21)22/h4-7H,8-9H2,1-3H3,(H,23,27)(H,25,28). The molecule has 2 aromatic heterocycles. The van der Waals surface area contributed by atoms with Gasteiger partial charge in [0.2, 0.25) is 11.8 Å². The number of furan rings is 1. The summed E-state index contributed by atoms with van der Waals surface area (Å²) >= 11 is 0. The minimum Gasteiger partial charge on any atom is -0.444 e. The van der Waals surface area contributed by atoms with Gasteiger partial charge in [-0.05, 0) is 32.5 Å². The number of anilines is 1.